The molecule has 2 aromatic carbocycles. The number of nitrogens with two attached hydrogens (primary N) is 1. The summed E-state index contributed by atoms with van der Waals surface area (Å²) in [5, 5.41) is 8.71. The highest BCUT2D eigenvalue weighted by molar-refractivity contribution is 5.34. The van der Waals surface area contributed by atoms with Crippen molar-refractivity contribution in [2.45, 2.75) is 13.0 Å². The van der Waals surface area contributed by atoms with Gasteiger partial charge in [-0.2, -0.15) is 5.26 Å². The molecule has 2 aromatic rings. The third kappa shape index (κ3) is 2.93. The van der Waals surface area contributed by atoms with Crippen molar-refractivity contribution in [1.82, 2.24) is 0 Å². The van der Waals surface area contributed by atoms with Gasteiger partial charge in [0.25, 0.3) is 0 Å². The highest BCUT2D eigenvalue weighted by atomic mass is 14.5. The fraction of sp³-hybridized carbons (Fsp3) is 0.133. The largest absolute Gasteiger partial charge is 0.326 e. The van der Waals surface area contributed by atoms with Crippen molar-refractivity contribution in [3.05, 3.63) is 70.8 Å². The van der Waals surface area contributed by atoms with Crippen LogP contribution in [-0.2, 0) is 13.0 Å². The fourth-order valence-corrected chi connectivity index (χ4v) is 1.64. The molecule has 0 unspecified atom stereocenters. The van der Waals surface area contributed by atoms with E-state index in [1.165, 1.54) is 5.56 Å². The zero-order valence-electron chi connectivity index (χ0n) is 9.48. The molecule has 0 aliphatic carbocycles. The SMILES string of the molecule is N#Cc1ccc(Cc2[c]cc(CN)cc2)cc1. The molecule has 0 aliphatic rings. The van der Waals surface area contributed by atoms with Crippen molar-refractivity contribution in [2.24, 2.45) is 5.73 Å². The topological polar surface area (TPSA) is 49.8 Å². The molecule has 0 heterocycles. The van der Waals surface area contributed by atoms with E-state index >= 15 is 0 Å². The predicted molar refractivity (Wildman–Crippen MR) is 67.1 cm³/mol. The lowest BCUT2D eigenvalue weighted by Crippen LogP contribution is -1.96. The van der Waals surface area contributed by atoms with Gasteiger partial charge in [-0.25, -0.2) is 0 Å². The molecular formula is C15H13N2. The van der Waals surface area contributed by atoms with E-state index in [9.17, 15) is 0 Å². The second kappa shape index (κ2) is 5.29. The Labute approximate surface area is 101 Å². The van der Waals surface area contributed by atoms with E-state index in [0.29, 0.717) is 12.1 Å². The summed E-state index contributed by atoms with van der Waals surface area (Å²) in [5.74, 6) is 0. The standard InChI is InChI=1S/C15H13N2/c16-10-14-5-1-12(2-6-14)9-13-3-7-15(11-17)8-4-13/h1-3,5-8H,9,11,17H2. The number of benzene rings is 2. The number of hydrogen-bond donors (Lipinski definition) is 1. The van der Waals surface area contributed by atoms with Crippen molar-refractivity contribution in [1.29, 1.82) is 5.26 Å². The van der Waals surface area contributed by atoms with Gasteiger partial charge in [0, 0.05) is 6.54 Å². The first-order valence-corrected chi connectivity index (χ1v) is 5.50. The van der Waals surface area contributed by atoms with Gasteiger partial charge in [-0.15, -0.1) is 0 Å². The molecule has 0 bridgehead atoms. The number of hydrogen-bond acceptors (Lipinski definition) is 2. The maximum absolute atomic E-state index is 8.71. The third-order valence-electron chi connectivity index (χ3n) is 2.65. The molecule has 0 fully saturated rings. The monoisotopic (exact) mass is 221 g/mol. The van der Waals surface area contributed by atoms with Crippen LogP contribution in [0.4, 0.5) is 0 Å². The quantitative estimate of drug-likeness (QED) is 0.865. The Kier molecular flexibility index (Phi) is 3.54. The molecule has 2 N–H and O–H groups in total. The van der Waals surface area contributed by atoms with Crippen LogP contribution < -0.4 is 5.73 Å². The van der Waals surface area contributed by atoms with Crippen molar-refractivity contribution in [2.75, 3.05) is 0 Å². The average Bonchev–Trinajstić information content (AvgIpc) is 2.40. The van der Waals surface area contributed by atoms with E-state index in [-0.39, 0.29) is 0 Å². The predicted octanol–water partition coefficient (Wildman–Crippen LogP) is 2.41. The van der Waals surface area contributed by atoms with Crippen LogP contribution in [0.2, 0.25) is 0 Å². The van der Waals surface area contributed by atoms with Crippen molar-refractivity contribution >= 4 is 0 Å². The minimum atomic E-state index is 0.549. The second-order valence-electron chi connectivity index (χ2n) is 3.91. The van der Waals surface area contributed by atoms with Gasteiger partial charge in [-0.1, -0.05) is 24.3 Å². The number of nitriles is 1. The second-order valence-corrected chi connectivity index (χ2v) is 3.91. The van der Waals surface area contributed by atoms with Gasteiger partial charge < -0.3 is 5.73 Å². The highest BCUT2D eigenvalue weighted by Crippen LogP contribution is 2.11. The summed E-state index contributed by atoms with van der Waals surface area (Å²) < 4.78 is 0. The summed E-state index contributed by atoms with van der Waals surface area (Å²) in [5.41, 5.74) is 9.63. The molecule has 0 amide bonds. The van der Waals surface area contributed by atoms with Gasteiger partial charge in [0.2, 0.25) is 0 Å². The lowest BCUT2D eigenvalue weighted by molar-refractivity contribution is 1.06. The highest BCUT2D eigenvalue weighted by Gasteiger charge is 1.98. The van der Waals surface area contributed by atoms with E-state index < -0.39 is 0 Å². The molecule has 2 nitrogen and oxygen atoms in total. The Hall–Kier alpha value is -2.11. The van der Waals surface area contributed by atoms with Crippen LogP contribution in [0.3, 0.4) is 0 Å². The molecule has 0 spiro atoms. The van der Waals surface area contributed by atoms with Crippen molar-refractivity contribution in [3.63, 3.8) is 0 Å². The zero-order valence-corrected chi connectivity index (χ0v) is 9.48. The molecule has 0 saturated carbocycles. The van der Waals surface area contributed by atoms with E-state index in [1.54, 1.807) is 0 Å². The lowest BCUT2D eigenvalue weighted by atomic mass is 10.0. The molecule has 1 radical (unpaired) electrons. The van der Waals surface area contributed by atoms with Gasteiger partial charge in [-0.3, -0.25) is 0 Å². The molecule has 0 aliphatic heterocycles. The van der Waals surface area contributed by atoms with Crippen LogP contribution in [0.25, 0.3) is 0 Å². The van der Waals surface area contributed by atoms with Crippen molar-refractivity contribution in [3.8, 4) is 6.07 Å². The summed E-state index contributed by atoms with van der Waals surface area (Å²) in [7, 11) is 0. The first-order chi connectivity index (χ1) is 8.31. The van der Waals surface area contributed by atoms with Gasteiger partial charge >= 0.3 is 0 Å². The van der Waals surface area contributed by atoms with Crippen LogP contribution in [0.1, 0.15) is 22.3 Å². The molecule has 0 aromatic heterocycles. The smallest absolute Gasteiger partial charge is 0.0991 e. The van der Waals surface area contributed by atoms with Crippen LogP contribution in [0.5, 0.6) is 0 Å². The molecule has 83 valence electrons. The molecule has 0 atom stereocenters. The first kappa shape index (κ1) is 11.4. The maximum Gasteiger partial charge on any atom is 0.0991 e. The number of nitrogens with zero attached hydrogens (tertiary/aromatic N) is 1. The Morgan fingerprint density at radius 1 is 1.06 bits per heavy atom. The van der Waals surface area contributed by atoms with Gasteiger partial charge in [0.1, 0.15) is 0 Å². The Morgan fingerprint density at radius 2 is 1.76 bits per heavy atom. The first-order valence-electron chi connectivity index (χ1n) is 5.50. The molecule has 2 rings (SSSR count). The lowest BCUT2D eigenvalue weighted by Gasteiger charge is -2.03. The normalized spacial score (nSPS) is 9.88. The van der Waals surface area contributed by atoms with Crippen molar-refractivity contribution < 1.29 is 0 Å². The van der Waals surface area contributed by atoms with E-state index in [2.05, 4.69) is 12.1 Å². The average molecular weight is 221 g/mol. The summed E-state index contributed by atoms with van der Waals surface area (Å²) >= 11 is 0. The Bertz CT molecular complexity index is 518. The maximum atomic E-state index is 8.71. The molecule has 17 heavy (non-hydrogen) atoms. The summed E-state index contributed by atoms with van der Waals surface area (Å²) in [6, 6.07) is 19.0. The summed E-state index contributed by atoms with van der Waals surface area (Å²) in [6.45, 7) is 0.549. The fourth-order valence-electron chi connectivity index (χ4n) is 1.64. The molecule has 2 heteroatoms. The molecular weight excluding hydrogens is 208 g/mol. The molecule has 0 saturated heterocycles. The van der Waals surface area contributed by atoms with E-state index in [4.69, 9.17) is 11.0 Å². The number of rotatable bonds is 3. The van der Waals surface area contributed by atoms with Gasteiger partial charge in [0.05, 0.1) is 11.6 Å². The van der Waals surface area contributed by atoms with Gasteiger partial charge in [-0.05, 0) is 47.4 Å². The van der Waals surface area contributed by atoms with Gasteiger partial charge in [0.15, 0.2) is 0 Å². The minimum absolute atomic E-state index is 0.549. The zero-order chi connectivity index (χ0) is 12.1. The minimum Gasteiger partial charge on any atom is -0.326 e. The Morgan fingerprint density at radius 3 is 2.29 bits per heavy atom. The summed E-state index contributed by atoms with van der Waals surface area (Å²) in [4.78, 5) is 0. The van der Waals surface area contributed by atoms with E-state index in [1.807, 2.05) is 42.5 Å². The van der Waals surface area contributed by atoms with Crippen LogP contribution in [0.15, 0.2) is 42.5 Å². The van der Waals surface area contributed by atoms with E-state index in [0.717, 1.165) is 17.5 Å². The summed E-state index contributed by atoms with van der Waals surface area (Å²) in [6.07, 6.45) is 0.830. The Balaban J connectivity index is 2.11. The third-order valence-corrected chi connectivity index (χ3v) is 2.65. The van der Waals surface area contributed by atoms with Crippen LogP contribution in [-0.4, -0.2) is 0 Å². The van der Waals surface area contributed by atoms with Crippen LogP contribution in [0, 0.1) is 17.4 Å². The van der Waals surface area contributed by atoms with Crippen LogP contribution >= 0.6 is 0 Å².